The molecule has 0 aliphatic rings. The highest BCUT2D eigenvalue weighted by Crippen LogP contribution is 1.91. The Hall–Kier alpha value is -1.08. The molecule has 0 aromatic carbocycles. The molecule has 4 heteroatoms. The molecule has 0 rings (SSSR count). The Balaban J connectivity index is 3.77. The summed E-state index contributed by atoms with van der Waals surface area (Å²) >= 11 is 0. The Labute approximate surface area is 72.7 Å². The number of hydrogen-bond donors (Lipinski definition) is 2. The van der Waals surface area contributed by atoms with Crippen molar-refractivity contribution in [2.45, 2.75) is 38.8 Å². The summed E-state index contributed by atoms with van der Waals surface area (Å²) in [6.45, 7) is 3.63. The van der Waals surface area contributed by atoms with Crippen molar-refractivity contribution in [3.05, 3.63) is 0 Å². The number of nitrogens with one attached hydrogen (secondary N) is 1. The number of hydrogen-bond acceptors (Lipinski definition) is 3. The van der Waals surface area contributed by atoms with Gasteiger partial charge in [0.1, 0.15) is 0 Å². The third kappa shape index (κ3) is 3.94. The lowest BCUT2D eigenvalue weighted by atomic mass is 10.2. The Kier molecular flexibility index (Phi) is 5.06. The van der Waals surface area contributed by atoms with Crippen LogP contribution in [-0.4, -0.2) is 18.0 Å². The predicted octanol–water partition coefficient (Wildman–Crippen LogP) is 0.142. The van der Waals surface area contributed by atoms with E-state index < -0.39 is 6.04 Å². The second-order valence-corrected chi connectivity index (χ2v) is 2.79. The van der Waals surface area contributed by atoms with Crippen LogP contribution in [0.4, 0.5) is 0 Å². The van der Waals surface area contributed by atoms with Crippen molar-refractivity contribution in [2.75, 3.05) is 0 Å². The highest BCUT2D eigenvalue weighted by atomic mass is 16.2. The van der Waals surface area contributed by atoms with Crippen molar-refractivity contribution >= 4 is 5.91 Å². The van der Waals surface area contributed by atoms with Crippen molar-refractivity contribution in [2.24, 2.45) is 5.73 Å². The first kappa shape index (κ1) is 10.9. The molecule has 12 heavy (non-hydrogen) atoms. The number of rotatable bonds is 4. The molecule has 1 unspecified atom stereocenters. The molecule has 2 atom stereocenters. The van der Waals surface area contributed by atoms with Gasteiger partial charge in [0.15, 0.2) is 0 Å². The van der Waals surface area contributed by atoms with Gasteiger partial charge in [0.05, 0.1) is 18.5 Å². The maximum atomic E-state index is 11.1. The van der Waals surface area contributed by atoms with Gasteiger partial charge in [0, 0.05) is 6.04 Å². The first-order valence-corrected chi connectivity index (χ1v) is 4.04. The van der Waals surface area contributed by atoms with Gasteiger partial charge >= 0.3 is 0 Å². The van der Waals surface area contributed by atoms with Crippen molar-refractivity contribution in [3.63, 3.8) is 0 Å². The first-order chi connectivity index (χ1) is 5.61. The summed E-state index contributed by atoms with van der Waals surface area (Å²) in [6.07, 6.45) is 0.938. The van der Waals surface area contributed by atoms with E-state index in [9.17, 15) is 4.79 Å². The molecular formula is C8H15N3O. The van der Waals surface area contributed by atoms with E-state index in [1.165, 1.54) is 0 Å². The topological polar surface area (TPSA) is 78.9 Å². The zero-order chi connectivity index (χ0) is 9.56. The van der Waals surface area contributed by atoms with E-state index in [2.05, 4.69) is 5.32 Å². The Morgan fingerprint density at radius 1 is 1.75 bits per heavy atom. The highest BCUT2D eigenvalue weighted by Gasteiger charge is 2.12. The van der Waals surface area contributed by atoms with Gasteiger partial charge in [0.25, 0.3) is 0 Å². The van der Waals surface area contributed by atoms with E-state index in [-0.39, 0.29) is 11.9 Å². The van der Waals surface area contributed by atoms with Crippen molar-refractivity contribution in [1.29, 1.82) is 5.26 Å². The molecule has 68 valence electrons. The standard InChI is InChI=1S/C8H15N3O/c1-3-7(10)8(12)11-6(2)4-5-9/h6-7H,3-4,10H2,1-2H3,(H,11,12)/t6?,7-/m1/s1. The number of carbonyl (C=O) groups excluding carboxylic acids is 1. The van der Waals surface area contributed by atoms with E-state index in [0.717, 1.165) is 0 Å². The molecule has 0 fully saturated rings. The van der Waals surface area contributed by atoms with E-state index in [4.69, 9.17) is 11.0 Å². The van der Waals surface area contributed by atoms with Gasteiger partial charge in [0.2, 0.25) is 5.91 Å². The molecule has 0 spiro atoms. The molecule has 0 aromatic heterocycles. The zero-order valence-corrected chi connectivity index (χ0v) is 7.50. The molecule has 0 aromatic rings. The Bertz CT molecular complexity index is 185. The molecule has 3 N–H and O–H groups in total. The average Bonchev–Trinajstić information content (AvgIpc) is 2.03. The molecule has 4 nitrogen and oxygen atoms in total. The molecule has 0 saturated heterocycles. The molecule has 1 amide bonds. The van der Waals surface area contributed by atoms with E-state index in [1.54, 1.807) is 6.92 Å². The number of amides is 1. The predicted molar refractivity (Wildman–Crippen MR) is 46.1 cm³/mol. The maximum absolute atomic E-state index is 11.1. The van der Waals surface area contributed by atoms with Crippen LogP contribution in [0.5, 0.6) is 0 Å². The monoisotopic (exact) mass is 169 g/mol. The largest absolute Gasteiger partial charge is 0.351 e. The summed E-state index contributed by atoms with van der Waals surface area (Å²) in [5.41, 5.74) is 5.47. The van der Waals surface area contributed by atoms with Gasteiger partial charge in [-0.3, -0.25) is 4.79 Å². The average molecular weight is 169 g/mol. The van der Waals surface area contributed by atoms with Gasteiger partial charge in [-0.25, -0.2) is 0 Å². The smallest absolute Gasteiger partial charge is 0.237 e. The molecule has 0 radical (unpaired) electrons. The van der Waals surface area contributed by atoms with Crippen molar-refractivity contribution < 1.29 is 4.79 Å². The minimum Gasteiger partial charge on any atom is -0.351 e. The fourth-order valence-corrected chi connectivity index (χ4v) is 0.723. The third-order valence-electron chi connectivity index (χ3n) is 1.56. The summed E-state index contributed by atoms with van der Waals surface area (Å²) in [6, 6.07) is 1.41. The van der Waals surface area contributed by atoms with E-state index in [0.29, 0.717) is 12.8 Å². The van der Waals surface area contributed by atoms with E-state index in [1.807, 2.05) is 13.0 Å². The number of carbonyl (C=O) groups is 1. The summed E-state index contributed by atoms with van der Waals surface area (Å²) in [7, 11) is 0. The summed E-state index contributed by atoms with van der Waals surface area (Å²) in [5.74, 6) is -0.180. The van der Waals surface area contributed by atoms with Crippen molar-refractivity contribution in [3.8, 4) is 6.07 Å². The number of nitrogens with zero attached hydrogens (tertiary/aromatic N) is 1. The quantitative estimate of drug-likeness (QED) is 0.628. The molecule has 0 saturated carbocycles. The number of nitrogens with two attached hydrogens (primary N) is 1. The fraction of sp³-hybridized carbons (Fsp3) is 0.750. The van der Waals surface area contributed by atoms with Crippen LogP contribution >= 0.6 is 0 Å². The van der Waals surface area contributed by atoms with Crippen molar-refractivity contribution in [1.82, 2.24) is 5.32 Å². The van der Waals surface area contributed by atoms with Crippen LogP contribution in [0.2, 0.25) is 0 Å². The summed E-state index contributed by atoms with van der Waals surface area (Å²) < 4.78 is 0. The minimum atomic E-state index is -0.453. The Morgan fingerprint density at radius 3 is 2.75 bits per heavy atom. The van der Waals surface area contributed by atoms with Gasteiger partial charge < -0.3 is 11.1 Å². The summed E-state index contributed by atoms with van der Waals surface area (Å²) in [5, 5.41) is 11.0. The fourth-order valence-electron chi connectivity index (χ4n) is 0.723. The van der Waals surface area contributed by atoms with Crippen LogP contribution < -0.4 is 11.1 Å². The van der Waals surface area contributed by atoms with Crippen LogP contribution in [0.3, 0.4) is 0 Å². The molecule has 0 aliphatic carbocycles. The molecule has 0 heterocycles. The van der Waals surface area contributed by atoms with Gasteiger partial charge in [-0.05, 0) is 13.3 Å². The third-order valence-corrected chi connectivity index (χ3v) is 1.56. The lowest BCUT2D eigenvalue weighted by molar-refractivity contribution is -0.122. The van der Waals surface area contributed by atoms with Gasteiger partial charge in [-0.2, -0.15) is 5.26 Å². The normalized spacial score (nSPS) is 14.5. The summed E-state index contributed by atoms with van der Waals surface area (Å²) in [4.78, 5) is 11.1. The first-order valence-electron chi connectivity index (χ1n) is 4.04. The van der Waals surface area contributed by atoms with Gasteiger partial charge in [-0.15, -0.1) is 0 Å². The number of nitriles is 1. The van der Waals surface area contributed by atoms with Gasteiger partial charge in [-0.1, -0.05) is 6.92 Å². The second kappa shape index (κ2) is 5.56. The highest BCUT2D eigenvalue weighted by molar-refractivity contribution is 5.81. The molecular weight excluding hydrogens is 154 g/mol. The lowest BCUT2D eigenvalue weighted by Gasteiger charge is -2.13. The lowest BCUT2D eigenvalue weighted by Crippen LogP contribution is -2.43. The molecule has 0 aliphatic heterocycles. The maximum Gasteiger partial charge on any atom is 0.237 e. The van der Waals surface area contributed by atoms with Crippen LogP contribution in [0.25, 0.3) is 0 Å². The molecule has 0 bridgehead atoms. The van der Waals surface area contributed by atoms with Crippen LogP contribution in [-0.2, 0) is 4.79 Å². The van der Waals surface area contributed by atoms with Crippen LogP contribution in [0.1, 0.15) is 26.7 Å². The zero-order valence-electron chi connectivity index (χ0n) is 7.50. The van der Waals surface area contributed by atoms with Crippen LogP contribution in [0.15, 0.2) is 0 Å². The Morgan fingerprint density at radius 2 is 2.33 bits per heavy atom. The van der Waals surface area contributed by atoms with E-state index >= 15 is 0 Å². The second-order valence-electron chi connectivity index (χ2n) is 2.79. The SMILES string of the molecule is CC[C@@H](N)C(=O)NC(C)CC#N. The van der Waals surface area contributed by atoms with Crippen LogP contribution in [0, 0.1) is 11.3 Å². The minimum absolute atomic E-state index is 0.111.